The van der Waals surface area contributed by atoms with Gasteiger partial charge in [-0.15, -0.1) is 0 Å². The number of aromatic hydroxyl groups is 1. The van der Waals surface area contributed by atoms with Crippen molar-refractivity contribution in [2.45, 2.75) is 25.3 Å². The minimum absolute atomic E-state index is 0.258. The topological polar surface area (TPSA) is 45.1 Å². The molecule has 0 bridgehead atoms. The van der Waals surface area contributed by atoms with E-state index in [-0.39, 0.29) is 11.8 Å². The van der Waals surface area contributed by atoms with Gasteiger partial charge >= 0.3 is 0 Å². The first kappa shape index (κ1) is 17.5. The van der Waals surface area contributed by atoms with Gasteiger partial charge in [0.15, 0.2) is 0 Å². The van der Waals surface area contributed by atoms with Crippen LogP contribution in [0.25, 0.3) is 0 Å². The second-order valence-electron chi connectivity index (χ2n) is 6.44. The van der Waals surface area contributed by atoms with Crippen LogP contribution < -0.4 is 4.74 Å². The van der Waals surface area contributed by atoms with E-state index < -0.39 is 0 Å². The number of ether oxygens (including phenoxy) is 1. The molecule has 3 rings (SSSR count). The first-order valence-corrected chi connectivity index (χ1v) is 8.94. The maximum absolute atomic E-state index is 9.88. The first-order valence-electron chi connectivity index (χ1n) is 8.94. The maximum Gasteiger partial charge on any atom is 0.124 e. The molecular weight excluding hydrogens is 312 g/mol. The lowest BCUT2D eigenvalue weighted by molar-refractivity contribution is 0.168. The molecule has 0 spiro atoms. The summed E-state index contributed by atoms with van der Waals surface area (Å²) in [4.78, 5) is 7.16. The Balaban J connectivity index is 1.77. The van der Waals surface area contributed by atoms with Crippen molar-refractivity contribution >= 4 is 6.21 Å². The Bertz CT molecular complexity index is 691. The van der Waals surface area contributed by atoms with Crippen molar-refractivity contribution in [2.24, 2.45) is 4.99 Å². The van der Waals surface area contributed by atoms with Crippen LogP contribution in [0.3, 0.4) is 0 Å². The zero-order valence-electron chi connectivity index (χ0n) is 14.8. The number of hydrogen-bond donors (Lipinski definition) is 1. The average Bonchev–Trinajstić information content (AvgIpc) is 2.67. The Labute approximate surface area is 149 Å². The van der Waals surface area contributed by atoms with Gasteiger partial charge < -0.3 is 9.84 Å². The van der Waals surface area contributed by atoms with Gasteiger partial charge in [0.1, 0.15) is 11.5 Å². The van der Waals surface area contributed by atoms with E-state index in [1.165, 1.54) is 24.8 Å². The summed E-state index contributed by atoms with van der Waals surface area (Å²) in [6, 6.07) is 15.8. The smallest absolute Gasteiger partial charge is 0.124 e. The van der Waals surface area contributed by atoms with E-state index in [1.54, 1.807) is 19.4 Å². The zero-order chi connectivity index (χ0) is 17.5. The van der Waals surface area contributed by atoms with Crippen LogP contribution in [-0.2, 0) is 0 Å². The fourth-order valence-electron chi connectivity index (χ4n) is 3.34. The molecular formula is C21H26N2O2. The molecule has 1 aliphatic rings. The molecule has 1 aliphatic heterocycles. The van der Waals surface area contributed by atoms with Gasteiger partial charge in [-0.2, -0.15) is 0 Å². The molecule has 132 valence electrons. The van der Waals surface area contributed by atoms with E-state index in [2.05, 4.69) is 22.0 Å². The Hall–Kier alpha value is -2.33. The number of aliphatic imine (C=N–C) groups is 1. The predicted octanol–water partition coefficient (Wildman–Crippen LogP) is 4.05. The molecule has 0 radical (unpaired) electrons. The monoisotopic (exact) mass is 338 g/mol. The van der Waals surface area contributed by atoms with Crippen LogP contribution in [0.5, 0.6) is 11.5 Å². The molecule has 0 amide bonds. The number of para-hydroxylation sites is 1. The number of nitrogens with zero attached hydrogens (tertiary/aromatic N) is 2. The van der Waals surface area contributed by atoms with Crippen molar-refractivity contribution in [1.29, 1.82) is 0 Å². The Morgan fingerprint density at radius 3 is 2.48 bits per heavy atom. The lowest BCUT2D eigenvalue weighted by Crippen LogP contribution is -2.35. The number of piperidine rings is 1. The molecule has 0 aliphatic carbocycles. The molecule has 1 fully saturated rings. The molecule has 0 aromatic heterocycles. The summed E-state index contributed by atoms with van der Waals surface area (Å²) < 4.78 is 5.28. The quantitative estimate of drug-likeness (QED) is 0.808. The predicted molar refractivity (Wildman–Crippen MR) is 102 cm³/mol. The van der Waals surface area contributed by atoms with Crippen molar-refractivity contribution in [1.82, 2.24) is 4.90 Å². The van der Waals surface area contributed by atoms with E-state index in [0.29, 0.717) is 6.54 Å². The normalized spacial score (nSPS) is 16.8. The van der Waals surface area contributed by atoms with Gasteiger partial charge in [-0.25, -0.2) is 0 Å². The molecule has 2 aromatic carbocycles. The van der Waals surface area contributed by atoms with Crippen molar-refractivity contribution in [3.05, 3.63) is 59.7 Å². The summed E-state index contributed by atoms with van der Waals surface area (Å²) in [5.41, 5.74) is 2.02. The highest BCUT2D eigenvalue weighted by molar-refractivity contribution is 5.83. The van der Waals surface area contributed by atoms with Gasteiger partial charge in [-0.3, -0.25) is 9.89 Å². The Morgan fingerprint density at radius 2 is 1.80 bits per heavy atom. The molecule has 4 heteroatoms. The number of rotatable bonds is 6. The largest absolute Gasteiger partial charge is 0.507 e. The summed E-state index contributed by atoms with van der Waals surface area (Å²) in [6.45, 7) is 2.91. The van der Waals surface area contributed by atoms with Crippen LogP contribution in [0, 0.1) is 0 Å². The number of benzene rings is 2. The summed E-state index contributed by atoms with van der Waals surface area (Å²) in [7, 11) is 1.69. The second kappa shape index (κ2) is 8.67. The van der Waals surface area contributed by atoms with Crippen LogP contribution in [0.2, 0.25) is 0 Å². The maximum atomic E-state index is 9.88. The minimum Gasteiger partial charge on any atom is -0.507 e. The van der Waals surface area contributed by atoms with E-state index >= 15 is 0 Å². The molecule has 4 nitrogen and oxygen atoms in total. The zero-order valence-corrected chi connectivity index (χ0v) is 14.8. The number of hydrogen-bond acceptors (Lipinski definition) is 4. The third-order valence-electron chi connectivity index (χ3n) is 4.78. The first-order chi connectivity index (χ1) is 12.3. The van der Waals surface area contributed by atoms with Gasteiger partial charge in [0.25, 0.3) is 0 Å². The molecule has 0 unspecified atom stereocenters. The van der Waals surface area contributed by atoms with Crippen LogP contribution >= 0.6 is 0 Å². The van der Waals surface area contributed by atoms with Gasteiger partial charge in [-0.05, 0) is 55.8 Å². The van der Waals surface area contributed by atoms with E-state index in [9.17, 15) is 5.11 Å². The minimum atomic E-state index is 0.258. The van der Waals surface area contributed by atoms with Crippen molar-refractivity contribution in [3.8, 4) is 11.5 Å². The third kappa shape index (κ3) is 4.60. The highest BCUT2D eigenvalue weighted by Crippen LogP contribution is 2.26. The highest BCUT2D eigenvalue weighted by atomic mass is 16.5. The lowest BCUT2D eigenvalue weighted by atomic mass is 10.0. The number of phenolic OH excluding ortho intramolecular Hbond substituents is 1. The van der Waals surface area contributed by atoms with E-state index in [4.69, 9.17) is 4.74 Å². The Morgan fingerprint density at radius 1 is 1.08 bits per heavy atom. The van der Waals surface area contributed by atoms with Crippen molar-refractivity contribution in [2.75, 3.05) is 26.7 Å². The summed E-state index contributed by atoms with van der Waals surface area (Å²) in [5, 5.41) is 9.88. The summed E-state index contributed by atoms with van der Waals surface area (Å²) in [5.74, 6) is 1.14. The molecule has 1 N–H and O–H groups in total. The second-order valence-corrected chi connectivity index (χ2v) is 6.44. The standard InChI is InChI=1S/C21H26N2O2/c1-25-19-11-9-17(10-12-19)20(23-13-5-2-6-14-23)16-22-15-18-7-3-4-8-21(18)24/h3-4,7-12,15,20,24H,2,5-6,13-14,16H2,1H3/t20-/m0/s1. The molecule has 25 heavy (non-hydrogen) atoms. The molecule has 2 aromatic rings. The number of methoxy groups -OCH3 is 1. The fraction of sp³-hybridized carbons (Fsp3) is 0.381. The SMILES string of the molecule is COc1ccc([C@H](CN=Cc2ccccc2O)N2CCCCC2)cc1. The fourth-order valence-corrected chi connectivity index (χ4v) is 3.34. The molecule has 1 atom stereocenters. The van der Waals surface area contributed by atoms with E-state index in [0.717, 1.165) is 24.4 Å². The highest BCUT2D eigenvalue weighted by Gasteiger charge is 2.21. The van der Waals surface area contributed by atoms with Crippen LogP contribution in [0.4, 0.5) is 0 Å². The number of phenols is 1. The van der Waals surface area contributed by atoms with Gasteiger partial charge in [-0.1, -0.05) is 30.7 Å². The van der Waals surface area contributed by atoms with Crippen molar-refractivity contribution in [3.63, 3.8) is 0 Å². The average molecular weight is 338 g/mol. The third-order valence-corrected chi connectivity index (χ3v) is 4.78. The van der Waals surface area contributed by atoms with Crippen molar-refractivity contribution < 1.29 is 9.84 Å². The molecule has 1 saturated heterocycles. The van der Waals surface area contributed by atoms with Gasteiger partial charge in [0.2, 0.25) is 0 Å². The molecule has 0 saturated carbocycles. The van der Waals surface area contributed by atoms with Gasteiger partial charge in [0, 0.05) is 11.8 Å². The lowest BCUT2D eigenvalue weighted by Gasteiger charge is -2.34. The van der Waals surface area contributed by atoms with Crippen LogP contribution in [0.1, 0.15) is 36.4 Å². The van der Waals surface area contributed by atoms with Crippen LogP contribution in [0.15, 0.2) is 53.5 Å². The Kier molecular flexibility index (Phi) is 6.07. The molecule has 1 heterocycles. The van der Waals surface area contributed by atoms with Crippen LogP contribution in [-0.4, -0.2) is 43.0 Å². The van der Waals surface area contributed by atoms with Gasteiger partial charge in [0.05, 0.1) is 19.7 Å². The summed E-state index contributed by atoms with van der Waals surface area (Å²) in [6.07, 6.45) is 5.58. The van der Waals surface area contributed by atoms with E-state index in [1.807, 2.05) is 30.3 Å². The number of likely N-dealkylation sites (tertiary alicyclic amines) is 1. The summed E-state index contributed by atoms with van der Waals surface area (Å²) >= 11 is 0.